The molecule has 2 heterocycles. The summed E-state index contributed by atoms with van der Waals surface area (Å²) >= 11 is 0. The van der Waals surface area contributed by atoms with Crippen LogP contribution in [0.1, 0.15) is 24.2 Å². The van der Waals surface area contributed by atoms with Crippen molar-refractivity contribution >= 4 is 36.4 Å². The van der Waals surface area contributed by atoms with Crippen LogP contribution in [0.4, 0.5) is 5.69 Å². The van der Waals surface area contributed by atoms with E-state index in [9.17, 15) is 4.79 Å². The van der Waals surface area contributed by atoms with Crippen molar-refractivity contribution in [3.63, 3.8) is 0 Å². The predicted octanol–water partition coefficient (Wildman–Crippen LogP) is 1.99. The highest BCUT2D eigenvalue weighted by atomic mass is 35.5. The van der Waals surface area contributed by atoms with Gasteiger partial charge in [-0.15, -0.1) is 24.8 Å². The van der Waals surface area contributed by atoms with E-state index in [1.807, 2.05) is 26.0 Å². The summed E-state index contributed by atoms with van der Waals surface area (Å²) in [6.45, 7) is 4.26. The zero-order valence-electron chi connectivity index (χ0n) is 11.6. The fourth-order valence-corrected chi connectivity index (χ4v) is 2.10. The molecular weight excluding hydrogens is 301 g/mol. The number of carbonyl (C=O) groups is 1. The number of hydrogen-bond acceptors (Lipinski definition) is 4. The summed E-state index contributed by atoms with van der Waals surface area (Å²) in [7, 11) is 0. The summed E-state index contributed by atoms with van der Waals surface area (Å²) < 4.78 is 5.55. The van der Waals surface area contributed by atoms with Crippen molar-refractivity contribution in [3.8, 4) is 0 Å². The van der Waals surface area contributed by atoms with E-state index < -0.39 is 0 Å². The third kappa shape index (κ3) is 4.59. The van der Waals surface area contributed by atoms with Gasteiger partial charge in [0.2, 0.25) is 0 Å². The van der Waals surface area contributed by atoms with Crippen molar-refractivity contribution in [2.75, 3.05) is 11.9 Å². The zero-order chi connectivity index (χ0) is 13.1. The molecule has 0 saturated carbocycles. The van der Waals surface area contributed by atoms with E-state index in [0.29, 0.717) is 6.54 Å². The highest BCUT2D eigenvalue weighted by molar-refractivity contribution is 5.94. The van der Waals surface area contributed by atoms with E-state index in [1.165, 1.54) is 0 Å². The molecule has 1 saturated heterocycles. The molecule has 1 aromatic heterocycles. The Hall–Kier alpha value is -0.880. The molecule has 0 radical (unpaired) electrons. The summed E-state index contributed by atoms with van der Waals surface area (Å²) in [4.78, 5) is 16.3. The minimum atomic E-state index is -0.390. The van der Waals surface area contributed by atoms with Gasteiger partial charge in [0.25, 0.3) is 5.91 Å². The van der Waals surface area contributed by atoms with Crippen molar-refractivity contribution in [2.24, 2.45) is 5.73 Å². The third-order valence-corrected chi connectivity index (χ3v) is 3.15. The number of rotatable bonds is 3. The number of carbonyl (C=O) groups excluding carboxylic acids is 1. The Kier molecular flexibility index (Phi) is 8.05. The molecule has 2 atom stereocenters. The maximum Gasteiger partial charge on any atom is 0.253 e. The van der Waals surface area contributed by atoms with Crippen LogP contribution in [0, 0.1) is 13.8 Å². The van der Waals surface area contributed by atoms with E-state index in [-0.39, 0.29) is 42.9 Å². The van der Waals surface area contributed by atoms with E-state index in [2.05, 4.69) is 10.3 Å². The Morgan fingerprint density at radius 2 is 2.10 bits per heavy atom. The molecule has 0 aromatic carbocycles. The predicted molar refractivity (Wildman–Crippen MR) is 83.8 cm³/mol. The first kappa shape index (κ1) is 19.1. The number of nitrogens with zero attached hydrogens (tertiary/aromatic N) is 1. The number of aryl methyl sites for hydroxylation is 2. The maximum absolute atomic E-state index is 12.0. The standard InChI is InChI=1S/C13H19N3O2.2ClH/c1-8-3-5-11(9(2)15-8)16-13(17)12-6-4-10(7-14)18-12;;/h3,5,10,12H,4,6-7,14H2,1-2H3,(H,16,17);2*1H/t10-,12+;;/m1../s1. The van der Waals surface area contributed by atoms with Gasteiger partial charge in [0, 0.05) is 12.2 Å². The number of halogens is 2. The van der Waals surface area contributed by atoms with Crippen molar-refractivity contribution < 1.29 is 9.53 Å². The van der Waals surface area contributed by atoms with Crippen molar-refractivity contribution in [3.05, 3.63) is 23.5 Å². The first-order valence-corrected chi connectivity index (χ1v) is 6.21. The first-order chi connectivity index (χ1) is 8.60. The highest BCUT2D eigenvalue weighted by Crippen LogP contribution is 2.21. The lowest BCUT2D eigenvalue weighted by Crippen LogP contribution is -2.30. The molecule has 1 aliphatic heterocycles. The van der Waals surface area contributed by atoms with Crippen LogP contribution in [-0.2, 0) is 9.53 Å². The molecule has 2 rings (SSSR count). The molecule has 0 unspecified atom stereocenters. The van der Waals surface area contributed by atoms with Crippen LogP contribution in [0.5, 0.6) is 0 Å². The smallest absolute Gasteiger partial charge is 0.253 e. The Balaban J connectivity index is 0.00000180. The SMILES string of the molecule is Cc1ccc(NC(=O)[C@@H]2CC[C@H](CN)O2)c(C)n1.Cl.Cl. The van der Waals surface area contributed by atoms with Crippen LogP contribution < -0.4 is 11.1 Å². The van der Waals surface area contributed by atoms with Crippen LogP contribution in [0.2, 0.25) is 0 Å². The molecule has 1 fully saturated rings. The molecule has 0 spiro atoms. The number of hydrogen-bond donors (Lipinski definition) is 2. The van der Waals surface area contributed by atoms with E-state index >= 15 is 0 Å². The van der Waals surface area contributed by atoms with Crippen LogP contribution in [0.3, 0.4) is 0 Å². The lowest BCUT2D eigenvalue weighted by atomic mass is 10.2. The van der Waals surface area contributed by atoms with E-state index in [1.54, 1.807) is 0 Å². The molecule has 1 amide bonds. The first-order valence-electron chi connectivity index (χ1n) is 6.21. The second-order valence-corrected chi connectivity index (χ2v) is 4.63. The highest BCUT2D eigenvalue weighted by Gasteiger charge is 2.30. The fourth-order valence-electron chi connectivity index (χ4n) is 2.10. The molecule has 7 heteroatoms. The van der Waals surface area contributed by atoms with Gasteiger partial charge in [-0.05, 0) is 38.8 Å². The monoisotopic (exact) mass is 321 g/mol. The largest absolute Gasteiger partial charge is 0.364 e. The lowest BCUT2D eigenvalue weighted by molar-refractivity contribution is -0.126. The van der Waals surface area contributed by atoms with Gasteiger partial charge in [-0.3, -0.25) is 9.78 Å². The molecule has 0 bridgehead atoms. The van der Waals surface area contributed by atoms with Gasteiger partial charge in [0.15, 0.2) is 0 Å². The number of ether oxygens (including phenoxy) is 1. The van der Waals surface area contributed by atoms with Crippen LogP contribution in [0.15, 0.2) is 12.1 Å². The minimum absolute atomic E-state index is 0. The topological polar surface area (TPSA) is 77.2 Å². The summed E-state index contributed by atoms with van der Waals surface area (Å²) in [6, 6.07) is 3.74. The summed E-state index contributed by atoms with van der Waals surface area (Å²) in [5.74, 6) is -0.111. The van der Waals surface area contributed by atoms with Gasteiger partial charge in [-0.25, -0.2) is 0 Å². The second-order valence-electron chi connectivity index (χ2n) is 4.63. The average molecular weight is 322 g/mol. The summed E-state index contributed by atoms with van der Waals surface area (Å²) in [6.07, 6.45) is 1.20. The third-order valence-electron chi connectivity index (χ3n) is 3.15. The van der Waals surface area contributed by atoms with Crippen LogP contribution in [0.25, 0.3) is 0 Å². The molecule has 0 aliphatic carbocycles. The minimum Gasteiger partial charge on any atom is -0.364 e. The Morgan fingerprint density at radius 3 is 2.65 bits per heavy atom. The Morgan fingerprint density at radius 1 is 1.40 bits per heavy atom. The van der Waals surface area contributed by atoms with Crippen molar-refractivity contribution in [1.82, 2.24) is 4.98 Å². The molecular formula is C13H21Cl2N3O2. The molecule has 5 nitrogen and oxygen atoms in total. The number of anilines is 1. The summed E-state index contributed by atoms with van der Waals surface area (Å²) in [5, 5.41) is 2.86. The average Bonchev–Trinajstić information content (AvgIpc) is 2.81. The number of amides is 1. The maximum atomic E-state index is 12.0. The summed E-state index contributed by atoms with van der Waals surface area (Å²) in [5.41, 5.74) is 8.02. The quantitative estimate of drug-likeness (QED) is 0.892. The van der Waals surface area contributed by atoms with Gasteiger partial charge in [0.05, 0.1) is 17.5 Å². The van der Waals surface area contributed by atoms with Gasteiger partial charge in [-0.1, -0.05) is 0 Å². The zero-order valence-corrected chi connectivity index (χ0v) is 13.2. The van der Waals surface area contributed by atoms with Gasteiger partial charge in [0.1, 0.15) is 6.10 Å². The fraction of sp³-hybridized carbons (Fsp3) is 0.538. The van der Waals surface area contributed by atoms with E-state index in [0.717, 1.165) is 29.9 Å². The number of pyridine rings is 1. The van der Waals surface area contributed by atoms with Crippen LogP contribution >= 0.6 is 24.8 Å². The molecule has 3 N–H and O–H groups in total. The van der Waals surface area contributed by atoms with E-state index in [4.69, 9.17) is 10.5 Å². The number of aromatic nitrogens is 1. The van der Waals surface area contributed by atoms with Gasteiger partial charge in [-0.2, -0.15) is 0 Å². The number of nitrogens with two attached hydrogens (primary N) is 1. The van der Waals surface area contributed by atoms with Crippen molar-refractivity contribution in [1.29, 1.82) is 0 Å². The molecule has 1 aromatic rings. The molecule has 20 heavy (non-hydrogen) atoms. The lowest BCUT2D eigenvalue weighted by Gasteiger charge is -2.13. The normalized spacial score (nSPS) is 20.8. The van der Waals surface area contributed by atoms with Gasteiger partial charge < -0.3 is 15.8 Å². The molecule has 114 valence electrons. The Bertz CT molecular complexity index is 457. The van der Waals surface area contributed by atoms with Crippen LogP contribution in [-0.4, -0.2) is 29.6 Å². The number of nitrogens with one attached hydrogen (secondary N) is 1. The van der Waals surface area contributed by atoms with Gasteiger partial charge >= 0.3 is 0 Å². The Labute approximate surface area is 131 Å². The van der Waals surface area contributed by atoms with Crippen molar-refractivity contribution in [2.45, 2.75) is 38.9 Å². The molecule has 1 aliphatic rings. The second kappa shape index (κ2) is 8.42.